The number of hydrogen-bond donors (Lipinski definition) is 0. The Bertz CT molecular complexity index is 1830. The van der Waals surface area contributed by atoms with E-state index in [0.29, 0.717) is 56.6 Å². The molecule has 0 radical (unpaired) electrons. The van der Waals surface area contributed by atoms with E-state index in [2.05, 4.69) is 4.99 Å². The van der Waals surface area contributed by atoms with E-state index in [1.165, 1.54) is 11.3 Å². The van der Waals surface area contributed by atoms with Gasteiger partial charge in [-0.25, -0.2) is 9.79 Å². The topological polar surface area (TPSA) is 88.4 Å². The molecule has 6 rings (SSSR count). The maximum atomic E-state index is 14.1. The summed E-state index contributed by atoms with van der Waals surface area (Å²) in [6.07, 6.45) is 1.81. The number of hydrogen-bond acceptors (Lipinski definition) is 8. The summed E-state index contributed by atoms with van der Waals surface area (Å²) in [5.74, 6) is 1.37. The summed E-state index contributed by atoms with van der Waals surface area (Å²) in [7, 11) is 1.58. The Balaban J connectivity index is 1.61. The van der Waals surface area contributed by atoms with Crippen LogP contribution in [0.5, 0.6) is 17.2 Å². The highest BCUT2D eigenvalue weighted by Crippen LogP contribution is 2.40. The van der Waals surface area contributed by atoms with Crippen molar-refractivity contribution in [3.8, 4) is 17.2 Å². The van der Waals surface area contributed by atoms with Crippen LogP contribution < -0.4 is 29.1 Å². The van der Waals surface area contributed by atoms with Crippen LogP contribution >= 0.6 is 11.3 Å². The minimum atomic E-state index is -0.788. The van der Waals surface area contributed by atoms with Crippen LogP contribution in [-0.4, -0.2) is 37.5 Å². The molecule has 2 aliphatic heterocycles. The van der Waals surface area contributed by atoms with Gasteiger partial charge >= 0.3 is 5.97 Å². The zero-order chi connectivity index (χ0) is 27.1. The largest absolute Gasteiger partial charge is 0.496 e. The molecule has 2 aliphatic rings. The summed E-state index contributed by atoms with van der Waals surface area (Å²) in [6, 6.07) is 16.4. The first-order valence-electron chi connectivity index (χ1n) is 12.6. The Kier molecular flexibility index (Phi) is 6.44. The highest BCUT2D eigenvalue weighted by molar-refractivity contribution is 7.07. The number of carbonyl (C=O) groups excluding carboxylic acids is 1. The second-order valence-corrected chi connectivity index (χ2v) is 10.1. The third kappa shape index (κ3) is 4.28. The Hall–Kier alpha value is -4.37. The second kappa shape index (κ2) is 10.1. The molecule has 9 heteroatoms. The van der Waals surface area contributed by atoms with Crippen molar-refractivity contribution in [2.24, 2.45) is 4.99 Å². The van der Waals surface area contributed by atoms with Gasteiger partial charge < -0.3 is 18.9 Å². The predicted octanol–water partition coefficient (Wildman–Crippen LogP) is 3.73. The van der Waals surface area contributed by atoms with Crippen LogP contribution in [0.1, 0.15) is 31.0 Å². The molecule has 0 fully saturated rings. The molecular weight excluding hydrogens is 516 g/mol. The fourth-order valence-corrected chi connectivity index (χ4v) is 6.15. The molecule has 0 saturated heterocycles. The maximum Gasteiger partial charge on any atom is 0.338 e. The number of benzene rings is 3. The van der Waals surface area contributed by atoms with E-state index in [4.69, 9.17) is 18.9 Å². The highest BCUT2D eigenvalue weighted by Gasteiger charge is 2.36. The van der Waals surface area contributed by atoms with Crippen LogP contribution in [0.2, 0.25) is 0 Å². The molecule has 3 aromatic carbocycles. The Morgan fingerprint density at radius 3 is 2.72 bits per heavy atom. The van der Waals surface area contributed by atoms with Crippen LogP contribution in [0.15, 0.2) is 75.7 Å². The lowest BCUT2D eigenvalue weighted by Crippen LogP contribution is -2.40. The summed E-state index contributed by atoms with van der Waals surface area (Å²) in [5.41, 5.74) is 2.05. The van der Waals surface area contributed by atoms with E-state index >= 15 is 0 Å². The van der Waals surface area contributed by atoms with Gasteiger partial charge in [0.05, 0.1) is 29.5 Å². The van der Waals surface area contributed by atoms with Gasteiger partial charge in [-0.3, -0.25) is 9.36 Å². The van der Waals surface area contributed by atoms with Crippen molar-refractivity contribution in [3.05, 3.63) is 96.7 Å². The van der Waals surface area contributed by atoms with Crippen LogP contribution in [0, 0.1) is 0 Å². The summed E-state index contributed by atoms with van der Waals surface area (Å²) >= 11 is 1.27. The second-order valence-electron chi connectivity index (χ2n) is 9.11. The predicted molar refractivity (Wildman–Crippen MR) is 148 cm³/mol. The first-order valence-corrected chi connectivity index (χ1v) is 13.5. The number of esters is 1. The fourth-order valence-electron chi connectivity index (χ4n) is 5.10. The van der Waals surface area contributed by atoms with E-state index in [9.17, 15) is 9.59 Å². The summed E-state index contributed by atoms with van der Waals surface area (Å²) in [4.78, 5) is 32.6. The van der Waals surface area contributed by atoms with Crippen molar-refractivity contribution in [2.75, 3.05) is 26.9 Å². The molecule has 0 spiro atoms. The summed E-state index contributed by atoms with van der Waals surface area (Å²) in [5, 5.41) is 1.84. The maximum absolute atomic E-state index is 14.1. The molecule has 1 aromatic heterocycles. The molecule has 3 heterocycles. The molecule has 0 aliphatic carbocycles. The molecule has 0 bridgehead atoms. The quantitative estimate of drug-likeness (QED) is 0.357. The smallest absolute Gasteiger partial charge is 0.338 e. The van der Waals surface area contributed by atoms with Gasteiger partial charge in [-0.1, -0.05) is 47.7 Å². The van der Waals surface area contributed by atoms with Crippen molar-refractivity contribution in [3.63, 3.8) is 0 Å². The van der Waals surface area contributed by atoms with E-state index in [0.717, 1.165) is 16.3 Å². The number of carbonyl (C=O) groups is 1. The molecule has 198 valence electrons. The van der Waals surface area contributed by atoms with Crippen LogP contribution in [-0.2, 0) is 9.53 Å². The van der Waals surface area contributed by atoms with Crippen molar-refractivity contribution in [1.82, 2.24) is 4.57 Å². The first-order chi connectivity index (χ1) is 19.0. The number of aromatic nitrogens is 1. The Morgan fingerprint density at radius 2 is 1.92 bits per heavy atom. The van der Waals surface area contributed by atoms with Gasteiger partial charge in [0.15, 0.2) is 16.3 Å². The number of thiazole rings is 1. The highest BCUT2D eigenvalue weighted by atomic mass is 32.1. The van der Waals surface area contributed by atoms with Crippen molar-refractivity contribution in [1.29, 1.82) is 0 Å². The number of nitrogens with zero attached hydrogens (tertiary/aromatic N) is 2. The molecule has 0 saturated carbocycles. The standard InChI is InChI=1S/C30H26N2O6S/c1-4-36-29(34)25-17(2)31-30-32(27(25)26-20-8-6-5-7-19(20)10-12-22(26)35-3)28(33)24(39-30)16-18-9-11-21-23(15-18)38-14-13-37-21/h5-12,15-16,27H,4,13-14H2,1-3H3/b24-16-/t27-/m1/s1. The number of ether oxygens (including phenoxy) is 4. The van der Waals surface area contributed by atoms with E-state index in [1.807, 2.05) is 60.7 Å². The van der Waals surface area contributed by atoms with Crippen LogP contribution in [0.4, 0.5) is 0 Å². The number of allylic oxidation sites excluding steroid dienone is 1. The molecule has 8 nitrogen and oxygen atoms in total. The minimum absolute atomic E-state index is 0.198. The van der Waals surface area contributed by atoms with Gasteiger partial charge in [0.1, 0.15) is 25.0 Å². The zero-order valence-corrected chi connectivity index (χ0v) is 22.5. The average molecular weight is 543 g/mol. The molecule has 0 amide bonds. The molecule has 4 aromatic rings. The molecule has 0 N–H and O–H groups in total. The van der Waals surface area contributed by atoms with Gasteiger partial charge in [-0.05, 0) is 54.5 Å². The number of methoxy groups -OCH3 is 1. The first kappa shape index (κ1) is 24.9. The summed E-state index contributed by atoms with van der Waals surface area (Å²) < 4.78 is 24.6. The van der Waals surface area contributed by atoms with Gasteiger partial charge in [-0.2, -0.15) is 0 Å². The summed E-state index contributed by atoms with van der Waals surface area (Å²) in [6.45, 7) is 4.70. The van der Waals surface area contributed by atoms with E-state index in [1.54, 1.807) is 25.5 Å². The van der Waals surface area contributed by atoms with Gasteiger partial charge in [0.25, 0.3) is 5.56 Å². The lowest BCUT2D eigenvalue weighted by atomic mass is 9.90. The van der Waals surface area contributed by atoms with E-state index < -0.39 is 12.0 Å². The fraction of sp³-hybridized carbons (Fsp3) is 0.233. The minimum Gasteiger partial charge on any atom is -0.496 e. The zero-order valence-electron chi connectivity index (χ0n) is 21.7. The SMILES string of the molecule is CCOC(=O)C1=C(C)N=c2s/c(=C\c3ccc4c(c3)OCCO4)c(=O)n2[C@H]1c1c(OC)ccc2ccccc12. The third-order valence-electron chi connectivity index (χ3n) is 6.81. The monoisotopic (exact) mass is 542 g/mol. The molecule has 1 atom stereocenters. The van der Waals surface area contributed by atoms with E-state index in [-0.39, 0.29) is 12.2 Å². The lowest BCUT2D eigenvalue weighted by molar-refractivity contribution is -0.139. The van der Waals surface area contributed by atoms with Gasteiger partial charge in [0, 0.05) is 5.56 Å². The van der Waals surface area contributed by atoms with Crippen LogP contribution in [0.3, 0.4) is 0 Å². The number of fused-ring (bicyclic) bond motifs is 3. The lowest BCUT2D eigenvalue weighted by Gasteiger charge is -2.27. The van der Waals surface area contributed by atoms with Crippen LogP contribution in [0.25, 0.3) is 16.8 Å². The molecule has 39 heavy (non-hydrogen) atoms. The van der Waals surface area contributed by atoms with Crippen molar-refractivity contribution < 1.29 is 23.7 Å². The number of rotatable bonds is 5. The normalized spacial score (nSPS) is 16.6. The van der Waals surface area contributed by atoms with Gasteiger partial charge in [-0.15, -0.1) is 0 Å². The molecule has 0 unspecified atom stereocenters. The average Bonchev–Trinajstić information content (AvgIpc) is 3.25. The Labute approximate surface area is 228 Å². The van der Waals surface area contributed by atoms with Gasteiger partial charge in [0.2, 0.25) is 0 Å². The van der Waals surface area contributed by atoms with Crippen molar-refractivity contribution >= 4 is 34.2 Å². The van der Waals surface area contributed by atoms with Crippen molar-refractivity contribution in [2.45, 2.75) is 19.9 Å². The molecular formula is C30H26N2O6S. The Morgan fingerprint density at radius 1 is 1.13 bits per heavy atom. The third-order valence-corrected chi connectivity index (χ3v) is 7.79.